The van der Waals surface area contributed by atoms with Gasteiger partial charge in [0, 0.05) is 22.8 Å². The summed E-state index contributed by atoms with van der Waals surface area (Å²) in [6, 6.07) is 3.89. The highest BCUT2D eigenvalue weighted by atomic mass is 32.1. The van der Waals surface area contributed by atoms with Crippen LogP contribution in [0.1, 0.15) is 66.1 Å². The van der Waals surface area contributed by atoms with Crippen LogP contribution in [-0.4, -0.2) is 10.9 Å². The van der Waals surface area contributed by atoms with Crippen LogP contribution < -0.4 is 10.6 Å². The number of nitrogens with one attached hydrogen (secondary N) is 2. The maximum Gasteiger partial charge on any atom is 0.256 e. The lowest BCUT2D eigenvalue weighted by atomic mass is 9.69. The van der Waals surface area contributed by atoms with Gasteiger partial charge in [0.15, 0.2) is 0 Å². The van der Waals surface area contributed by atoms with Crippen LogP contribution in [0.15, 0.2) is 24.5 Å². The number of nitrogens with zero attached hydrogens (tertiary/aromatic N) is 1. The summed E-state index contributed by atoms with van der Waals surface area (Å²) in [5.41, 5.74) is 3.50. The van der Waals surface area contributed by atoms with Crippen LogP contribution in [0.3, 0.4) is 0 Å². The summed E-state index contributed by atoms with van der Waals surface area (Å²) in [5, 5.41) is 7.63. The summed E-state index contributed by atoms with van der Waals surface area (Å²) in [6.45, 7) is 7.03. The van der Waals surface area contributed by atoms with Crippen molar-refractivity contribution in [3.63, 3.8) is 0 Å². The van der Waals surface area contributed by atoms with Crippen molar-refractivity contribution in [1.82, 2.24) is 10.3 Å². The van der Waals surface area contributed by atoms with Crippen molar-refractivity contribution in [2.75, 3.05) is 5.32 Å². The first-order valence-corrected chi connectivity index (χ1v) is 9.93. The fraction of sp³-hybridized carbons (Fsp3) is 0.500. The minimum atomic E-state index is -0.198. The van der Waals surface area contributed by atoms with Crippen molar-refractivity contribution in [1.29, 1.82) is 0 Å². The zero-order valence-electron chi connectivity index (χ0n) is 15.1. The largest absolute Gasteiger partial charge is 0.353 e. The highest BCUT2D eigenvalue weighted by molar-refractivity contribution is 7.16. The minimum absolute atomic E-state index is 0.0494. The highest BCUT2D eigenvalue weighted by Gasteiger charge is 2.37. The van der Waals surface area contributed by atoms with Gasteiger partial charge in [-0.1, -0.05) is 33.3 Å². The molecular formula is C20H25N3OS. The van der Waals surface area contributed by atoms with E-state index < -0.39 is 0 Å². The van der Waals surface area contributed by atoms with Gasteiger partial charge >= 0.3 is 0 Å². The van der Waals surface area contributed by atoms with Gasteiger partial charge in [0.25, 0.3) is 5.91 Å². The quantitative estimate of drug-likeness (QED) is 0.850. The molecule has 2 aromatic heterocycles. The van der Waals surface area contributed by atoms with Gasteiger partial charge in [0.1, 0.15) is 11.2 Å². The second-order valence-corrected chi connectivity index (χ2v) is 8.93. The van der Waals surface area contributed by atoms with Gasteiger partial charge in [0.2, 0.25) is 0 Å². The molecule has 4 nitrogen and oxygen atoms in total. The predicted molar refractivity (Wildman–Crippen MR) is 102 cm³/mol. The molecule has 1 aliphatic heterocycles. The van der Waals surface area contributed by atoms with E-state index >= 15 is 0 Å². The first kappa shape index (κ1) is 16.6. The monoisotopic (exact) mass is 355 g/mol. The van der Waals surface area contributed by atoms with Crippen LogP contribution in [0.2, 0.25) is 0 Å². The summed E-state index contributed by atoms with van der Waals surface area (Å²) < 4.78 is 0. The van der Waals surface area contributed by atoms with E-state index in [1.165, 1.54) is 23.3 Å². The van der Waals surface area contributed by atoms with Gasteiger partial charge in [-0.3, -0.25) is 9.78 Å². The smallest absolute Gasteiger partial charge is 0.256 e. The Balaban J connectivity index is 1.64. The summed E-state index contributed by atoms with van der Waals surface area (Å²) in [7, 11) is 0. The topological polar surface area (TPSA) is 54.0 Å². The van der Waals surface area contributed by atoms with Crippen LogP contribution in [0.5, 0.6) is 0 Å². The van der Waals surface area contributed by atoms with Gasteiger partial charge in [-0.05, 0) is 42.2 Å². The molecular weight excluding hydrogens is 330 g/mol. The first-order valence-electron chi connectivity index (χ1n) is 9.11. The Morgan fingerprint density at radius 2 is 2.20 bits per heavy atom. The van der Waals surface area contributed by atoms with Crippen molar-refractivity contribution < 1.29 is 4.79 Å². The van der Waals surface area contributed by atoms with E-state index in [0.717, 1.165) is 29.0 Å². The molecule has 2 aromatic rings. The number of fused-ring (bicyclic) bond motifs is 3. The first-order chi connectivity index (χ1) is 12.0. The van der Waals surface area contributed by atoms with Crippen LogP contribution in [0.25, 0.3) is 0 Å². The number of anilines is 1. The number of hydrogen-bond donors (Lipinski definition) is 2. The Hall–Kier alpha value is -1.88. The maximum absolute atomic E-state index is 12.8. The Kier molecular flexibility index (Phi) is 4.07. The lowest BCUT2D eigenvalue weighted by molar-refractivity contribution is 0.0934. The summed E-state index contributed by atoms with van der Waals surface area (Å²) in [6.07, 6.45) is 7.84. The molecule has 0 spiro atoms. The Labute approximate surface area is 153 Å². The second kappa shape index (κ2) is 6.13. The van der Waals surface area contributed by atoms with E-state index in [1.54, 1.807) is 23.7 Å². The molecule has 2 aliphatic rings. The Morgan fingerprint density at radius 3 is 2.92 bits per heavy atom. The van der Waals surface area contributed by atoms with E-state index in [0.29, 0.717) is 11.3 Å². The fourth-order valence-electron chi connectivity index (χ4n) is 3.97. The normalized spacial score (nSPS) is 22.6. The molecule has 3 heterocycles. The van der Waals surface area contributed by atoms with Gasteiger partial charge in [-0.25, -0.2) is 0 Å². The van der Waals surface area contributed by atoms with Crippen LogP contribution in [-0.2, 0) is 12.8 Å². The number of rotatable bonds is 3. The lowest BCUT2D eigenvalue weighted by Gasteiger charge is -2.36. The summed E-state index contributed by atoms with van der Waals surface area (Å²) >= 11 is 1.78. The molecule has 4 rings (SSSR count). The standard InChI is InChI=1S/C20H25N3OS/c1-4-20(2,3)13-7-8-14-15(10-13)25-19-16(14)18(24)22-17(23-19)12-6-5-9-21-11-12/h5-6,9,11,13,17,23H,4,7-8,10H2,1-3H3,(H,22,24)/t13-,17-/m0/s1. The third-order valence-corrected chi connectivity index (χ3v) is 7.26. The number of aromatic nitrogens is 1. The number of thiophene rings is 1. The maximum atomic E-state index is 12.8. The van der Waals surface area contributed by atoms with Crippen molar-refractivity contribution in [3.8, 4) is 0 Å². The van der Waals surface area contributed by atoms with Crippen LogP contribution >= 0.6 is 11.3 Å². The molecule has 25 heavy (non-hydrogen) atoms. The molecule has 0 saturated carbocycles. The molecule has 0 radical (unpaired) electrons. The minimum Gasteiger partial charge on any atom is -0.353 e. The molecule has 132 valence electrons. The lowest BCUT2D eigenvalue weighted by Crippen LogP contribution is -2.38. The highest BCUT2D eigenvalue weighted by Crippen LogP contribution is 2.46. The van der Waals surface area contributed by atoms with Crippen LogP contribution in [0, 0.1) is 11.3 Å². The molecule has 0 saturated heterocycles. The summed E-state index contributed by atoms with van der Waals surface area (Å²) in [5.74, 6) is 0.746. The van der Waals surface area contributed by atoms with Gasteiger partial charge in [0.05, 0.1) is 5.56 Å². The Morgan fingerprint density at radius 1 is 1.36 bits per heavy atom. The summed E-state index contributed by atoms with van der Waals surface area (Å²) in [4.78, 5) is 18.3. The number of amides is 1. The van der Waals surface area contributed by atoms with E-state index in [-0.39, 0.29) is 12.1 Å². The molecule has 5 heteroatoms. The molecule has 1 amide bonds. The molecule has 0 aromatic carbocycles. The van der Waals surface area contributed by atoms with E-state index in [4.69, 9.17) is 0 Å². The number of hydrogen-bond acceptors (Lipinski definition) is 4. The Bertz CT molecular complexity index is 797. The second-order valence-electron chi connectivity index (χ2n) is 7.83. The third-order valence-electron chi connectivity index (χ3n) is 6.08. The molecule has 2 N–H and O–H groups in total. The average Bonchev–Trinajstić information content (AvgIpc) is 3.00. The van der Waals surface area contributed by atoms with Crippen molar-refractivity contribution >= 4 is 22.2 Å². The molecule has 1 aliphatic carbocycles. The van der Waals surface area contributed by atoms with Gasteiger partial charge in [-0.15, -0.1) is 11.3 Å². The number of carbonyl (C=O) groups is 1. The van der Waals surface area contributed by atoms with Crippen molar-refractivity contribution in [3.05, 3.63) is 46.1 Å². The van der Waals surface area contributed by atoms with E-state index in [1.807, 2.05) is 12.1 Å². The van der Waals surface area contributed by atoms with E-state index in [2.05, 4.69) is 36.4 Å². The van der Waals surface area contributed by atoms with Gasteiger partial charge in [-0.2, -0.15) is 0 Å². The molecule has 0 fully saturated rings. The number of pyridine rings is 1. The fourth-order valence-corrected chi connectivity index (χ4v) is 5.32. The van der Waals surface area contributed by atoms with Crippen molar-refractivity contribution in [2.24, 2.45) is 11.3 Å². The van der Waals surface area contributed by atoms with Crippen LogP contribution in [0.4, 0.5) is 5.00 Å². The zero-order chi connectivity index (χ0) is 17.6. The molecule has 2 atom stereocenters. The van der Waals surface area contributed by atoms with Crippen molar-refractivity contribution in [2.45, 2.75) is 52.6 Å². The van der Waals surface area contributed by atoms with E-state index in [9.17, 15) is 4.79 Å². The SMILES string of the molecule is CCC(C)(C)[C@H]1CCc2c(sc3c2C(=O)N[C@H](c2cccnc2)N3)C1. The van der Waals surface area contributed by atoms with Gasteiger partial charge < -0.3 is 10.6 Å². The zero-order valence-corrected chi connectivity index (χ0v) is 15.9. The average molecular weight is 356 g/mol. The predicted octanol–water partition coefficient (Wildman–Crippen LogP) is 4.54. The molecule has 0 unspecified atom stereocenters. The number of carbonyl (C=O) groups excluding carboxylic acids is 1. The third kappa shape index (κ3) is 2.84. The molecule has 0 bridgehead atoms.